The monoisotopic (exact) mass is 230 g/mol. The molecule has 84 valence electrons. The third-order valence-electron chi connectivity index (χ3n) is 1.68. The minimum Gasteiger partial charge on any atom is -0.415 e. The summed E-state index contributed by atoms with van der Waals surface area (Å²) in [6.45, 7) is 0.256. The van der Waals surface area contributed by atoms with Gasteiger partial charge in [-0.25, -0.2) is 0 Å². The van der Waals surface area contributed by atoms with Crippen LogP contribution in [0.4, 0.5) is 0 Å². The van der Waals surface area contributed by atoms with Gasteiger partial charge >= 0.3 is 0 Å². The molecule has 0 saturated heterocycles. The van der Waals surface area contributed by atoms with E-state index in [4.69, 9.17) is 10.2 Å². The second-order valence-electron chi connectivity index (χ2n) is 2.79. The van der Waals surface area contributed by atoms with E-state index in [1.54, 1.807) is 7.05 Å². The molecule has 1 rings (SSSR count). The SMILES string of the molecule is CNC(=O)CCCSc1nnc(CN)o1. The molecule has 0 spiro atoms. The van der Waals surface area contributed by atoms with Crippen LogP contribution in [0.5, 0.6) is 0 Å². The zero-order chi connectivity index (χ0) is 11.1. The van der Waals surface area contributed by atoms with E-state index in [-0.39, 0.29) is 12.5 Å². The van der Waals surface area contributed by atoms with Crippen LogP contribution in [0, 0.1) is 0 Å². The molecule has 0 bridgehead atoms. The van der Waals surface area contributed by atoms with Crippen molar-refractivity contribution in [1.82, 2.24) is 15.5 Å². The van der Waals surface area contributed by atoms with Gasteiger partial charge < -0.3 is 15.5 Å². The third-order valence-corrected chi connectivity index (χ3v) is 2.58. The average molecular weight is 230 g/mol. The first-order valence-electron chi connectivity index (χ1n) is 4.62. The summed E-state index contributed by atoms with van der Waals surface area (Å²) in [6, 6.07) is 0. The lowest BCUT2D eigenvalue weighted by atomic mass is 10.3. The fourth-order valence-electron chi connectivity index (χ4n) is 0.896. The topological polar surface area (TPSA) is 94.0 Å². The predicted octanol–water partition coefficient (Wildman–Crippen LogP) is 0.147. The Kier molecular flexibility index (Phi) is 5.13. The van der Waals surface area contributed by atoms with E-state index in [0.717, 1.165) is 12.2 Å². The van der Waals surface area contributed by atoms with Gasteiger partial charge in [0.15, 0.2) is 0 Å². The van der Waals surface area contributed by atoms with Crippen LogP contribution in [0.2, 0.25) is 0 Å². The molecule has 0 aromatic carbocycles. The molecule has 7 heteroatoms. The molecular weight excluding hydrogens is 216 g/mol. The molecule has 0 aliphatic rings. The number of amides is 1. The van der Waals surface area contributed by atoms with E-state index in [0.29, 0.717) is 17.5 Å². The van der Waals surface area contributed by atoms with E-state index in [1.807, 2.05) is 0 Å². The summed E-state index contributed by atoms with van der Waals surface area (Å²) in [4.78, 5) is 10.9. The molecule has 0 radical (unpaired) electrons. The maximum absolute atomic E-state index is 10.9. The molecule has 0 saturated carbocycles. The van der Waals surface area contributed by atoms with Gasteiger partial charge in [0, 0.05) is 19.2 Å². The zero-order valence-corrected chi connectivity index (χ0v) is 9.34. The number of hydrogen-bond donors (Lipinski definition) is 2. The summed E-state index contributed by atoms with van der Waals surface area (Å²) in [5, 5.41) is 10.6. The Morgan fingerprint density at radius 3 is 3.00 bits per heavy atom. The maximum atomic E-state index is 10.9. The van der Waals surface area contributed by atoms with E-state index in [9.17, 15) is 4.79 Å². The van der Waals surface area contributed by atoms with Crippen LogP contribution in [0.25, 0.3) is 0 Å². The Bertz CT molecular complexity index is 315. The first kappa shape index (κ1) is 12.0. The molecule has 1 aromatic rings. The van der Waals surface area contributed by atoms with Crippen LogP contribution in [0.1, 0.15) is 18.7 Å². The molecule has 0 aliphatic carbocycles. The van der Waals surface area contributed by atoms with Gasteiger partial charge in [0.05, 0.1) is 6.54 Å². The van der Waals surface area contributed by atoms with Crippen molar-refractivity contribution in [2.24, 2.45) is 5.73 Å². The molecule has 0 fully saturated rings. The van der Waals surface area contributed by atoms with Gasteiger partial charge in [-0.05, 0) is 6.42 Å². The van der Waals surface area contributed by atoms with Crippen molar-refractivity contribution in [1.29, 1.82) is 0 Å². The molecule has 15 heavy (non-hydrogen) atoms. The first-order valence-corrected chi connectivity index (χ1v) is 5.60. The van der Waals surface area contributed by atoms with Crippen LogP contribution in [-0.4, -0.2) is 28.9 Å². The predicted molar refractivity (Wildman–Crippen MR) is 56.2 cm³/mol. The standard InChI is InChI=1S/C8H14N4O2S/c1-10-6(13)3-2-4-15-8-12-11-7(5-9)14-8/h2-5,9H2,1H3,(H,10,13). The van der Waals surface area contributed by atoms with Crippen molar-refractivity contribution < 1.29 is 9.21 Å². The van der Waals surface area contributed by atoms with Gasteiger partial charge in [-0.2, -0.15) is 0 Å². The highest BCUT2D eigenvalue weighted by atomic mass is 32.2. The van der Waals surface area contributed by atoms with Crippen molar-refractivity contribution in [2.45, 2.75) is 24.6 Å². The Morgan fingerprint density at radius 1 is 1.60 bits per heavy atom. The number of carbonyl (C=O) groups excluding carboxylic acids is 1. The number of nitrogens with two attached hydrogens (primary N) is 1. The fourth-order valence-corrected chi connectivity index (χ4v) is 1.61. The Hall–Kier alpha value is -1.08. The number of nitrogens with zero attached hydrogens (tertiary/aromatic N) is 2. The van der Waals surface area contributed by atoms with Crippen LogP contribution in [0.15, 0.2) is 9.64 Å². The number of carbonyl (C=O) groups is 1. The van der Waals surface area contributed by atoms with Gasteiger partial charge in [0.2, 0.25) is 11.8 Å². The highest BCUT2D eigenvalue weighted by molar-refractivity contribution is 7.99. The highest BCUT2D eigenvalue weighted by Crippen LogP contribution is 2.17. The molecule has 1 heterocycles. The lowest BCUT2D eigenvalue weighted by Crippen LogP contribution is -2.17. The van der Waals surface area contributed by atoms with Crippen molar-refractivity contribution in [3.05, 3.63) is 5.89 Å². The number of aromatic nitrogens is 2. The van der Waals surface area contributed by atoms with Crippen molar-refractivity contribution in [2.75, 3.05) is 12.8 Å². The summed E-state index contributed by atoms with van der Waals surface area (Å²) in [7, 11) is 1.63. The maximum Gasteiger partial charge on any atom is 0.276 e. The zero-order valence-electron chi connectivity index (χ0n) is 8.52. The normalized spacial score (nSPS) is 10.3. The Balaban J connectivity index is 2.17. The first-order chi connectivity index (χ1) is 7.26. The van der Waals surface area contributed by atoms with E-state index >= 15 is 0 Å². The van der Waals surface area contributed by atoms with Gasteiger partial charge in [0.25, 0.3) is 5.22 Å². The van der Waals surface area contributed by atoms with Crippen molar-refractivity contribution >= 4 is 17.7 Å². The molecular formula is C8H14N4O2S. The minimum atomic E-state index is 0.0452. The summed E-state index contributed by atoms with van der Waals surface area (Å²) < 4.78 is 5.18. The van der Waals surface area contributed by atoms with Crippen LogP contribution < -0.4 is 11.1 Å². The smallest absolute Gasteiger partial charge is 0.276 e. The molecule has 1 aromatic heterocycles. The lowest BCUT2D eigenvalue weighted by molar-refractivity contribution is -0.120. The van der Waals surface area contributed by atoms with Gasteiger partial charge in [-0.3, -0.25) is 4.79 Å². The quantitative estimate of drug-likeness (QED) is 0.533. The van der Waals surface area contributed by atoms with E-state index < -0.39 is 0 Å². The summed E-state index contributed by atoms with van der Waals surface area (Å²) in [5.41, 5.74) is 5.32. The van der Waals surface area contributed by atoms with E-state index in [1.165, 1.54) is 11.8 Å². The number of hydrogen-bond acceptors (Lipinski definition) is 6. The van der Waals surface area contributed by atoms with Crippen molar-refractivity contribution in [3.63, 3.8) is 0 Å². The minimum absolute atomic E-state index is 0.0452. The largest absolute Gasteiger partial charge is 0.415 e. The molecule has 3 N–H and O–H groups in total. The molecule has 0 atom stereocenters. The third kappa shape index (κ3) is 4.30. The molecule has 0 aliphatic heterocycles. The van der Waals surface area contributed by atoms with E-state index in [2.05, 4.69) is 15.5 Å². The second-order valence-corrected chi connectivity index (χ2v) is 3.84. The lowest BCUT2D eigenvalue weighted by Gasteiger charge is -1.97. The number of thioether (sulfide) groups is 1. The summed E-state index contributed by atoms with van der Waals surface area (Å²) in [5.74, 6) is 1.26. The highest BCUT2D eigenvalue weighted by Gasteiger charge is 2.05. The Morgan fingerprint density at radius 2 is 2.40 bits per heavy atom. The fraction of sp³-hybridized carbons (Fsp3) is 0.625. The van der Waals surface area contributed by atoms with Crippen LogP contribution >= 0.6 is 11.8 Å². The average Bonchev–Trinajstić information content (AvgIpc) is 2.72. The molecule has 0 unspecified atom stereocenters. The second kappa shape index (κ2) is 6.41. The van der Waals surface area contributed by atoms with Gasteiger partial charge in [-0.15, -0.1) is 10.2 Å². The summed E-state index contributed by atoms with van der Waals surface area (Å²) in [6.07, 6.45) is 1.30. The summed E-state index contributed by atoms with van der Waals surface area (Å²) >= 11 is 1.43. The van der Waals surface area contributed by atoms with Crippen LogP contribution in [-0.2, 0) is 11.3 Å². The number of rotatable bonds is 6. The molecule has 6 nitrogen and oxygen atoms in total. The van der Waals surface area contributed by atoms with Gasteiger partial charge in [0.1, 0.15) is 0 Å². The Labute approximate surface area is 92.0 Å². The number of nitrogens with one attached hydrogen (secondary N) is 1. The van der Waals surface area contributed by atoms with Crippen molar-refractivity contribution in [3.8, 4) is 0 Å². The molecule has 1 amide bonds. The van der Waals surface area contributed by atoms with Gasteiger partial charge in [-0.1, -0.05) is 11.8 Å². The van der Waals surface area contributed by atoms with Crippen LogP contribution in [0.3, 0.4) is 0 Å².